The second kappa shape index (κ2) is 7.84. The molecule has 1 aromatic carbocycles. The van der Waals surface area contributed by atoms with Gasteiger partial charge in [-0.1, -0.05) is 35.5 Å². The van der Waals surface area contributed by atoms with Gasteiger partial charge in [-0.15, -0.1) is 21.5 Å². The van der Waals surface area contributed by atoms with E-state index in [-0.39, 0.29) is 11.2 Å². The number of hydrogen-bond acceptors (Lipinski definition) is 5. The molecule has 2 aromatic heterocycles. The number of thioether (sulfide) groups is 1. The topological polar surface area (TPSA) is 59.8 Å². The maximum atomic E-state index is 12.4. The zero-order valence-electron chi connectivity index (χ0n) is 14.4. The fourth-order valence-electron chi connectivity index (χ4n) is 2.26. The van der Waals surface area contributed by atoms with Crippen LogP contribution in [0.2, 0.25) is 0 Å². The first-order valence-corrected chi connectivity index (χ1v) is 9.73. The first kappa shape index (κ1) is 17.7. The van der Waals surface area contributed by atoms with Crippen LogP contribution < -0.4 is 5.32 Å². The minimum atomic E-state index is -0.265. The predicted molar refractivity (Wildman–Crippen MR) is 103 cm³/mol. The molecule has 130 valence electrons. The smallest absolute Gasteiger partial charge is 0.237 e. The summed E-state index contributed by atoms with van der Waals surface area (Å²) in [5.74, 6) is 0.854. The lowest BCUT2D eigenvalue weighted by molar-refractivity contribution is -0.115. The number of rotatable bonds is 6. The molecule has 0 aliphatic carbocycles. The molecule has 0 bridgehead atoms. The molecule has 0 aliphatic heterocycles. The van der Waals surface area contributed by atoms with Crippen LogP contribution in [-0.2, 0) is 18.3 Å². The van der Waals surface area contributed by atoms with Crippen LogP contribution in [0.5, 0.6) is 0 Å². The lowest BCUT2D eigenvalue weighted by atomic mass is 10.2. The molecule has 0 aliphatic rings. The van der Waals surface area contributed by atoms with E-state index < -0.39 is 0 Å². The van der Waals surface area contributed by atoms with Crippen molar-refractivity contribution in [3.05, 3.63) is 58.0 Å². The van der Waals surface area contributed by atoms with Crippen molar-refractivity contribution in [1.82, 2.24) is 14.8 Å². The predicted octanol–water partition coefficient (Wildman–Crippen LogP) is 3.90. The molecule has 2 heterocycles. The van der Waals surface area contributed by atoms with Crippen molar-refractivity contribution < 1.29 is 4.79 Å². The second-order valence-corrected chi connectivity index (χ2v) is 8.17. The van der Waals surface area contributed by atoms with Crippen LogP contribution in [0.1, 0.15) is 23.2 Å². The fourth-order valence-corrected chi connectivity index (χ4v) is 3.80. The third-order valence-corrected chi connectivity index (χ3v) is 5.82. The number of aromatic nitrogens is 3. The third kappa shape index (κ3) is 4.49. The van der Waals surface area contributed by atoms with Crippen LogP contribution in [0, 0.1) is 6.92 Å². The highest BCUT2D eigenvalue weighted by atomic mass is 32.2. The quantitative estimate of drug-likeness (QED) is 0.667. The highest BCUT2D eigenvalue weighted by molar-refractivity contribution is 8.00. The zero-order chi connectivity index (χ0) is 17.8. The number of benzene rings is 1. The van der Waals surface area contributed by atoms with Gasteiger partial charge in [0.2, 0.25) is 5.91 Å². The van der Waals surface area contributed by atoms with E-state index in [1.165, 1.54) is 16.6 Å². The van der Waals surface area contributed by atoms with Gasteiger partial charge in [-0.3, -0.25) is 4.79 Å². The van der Waals surface area contributed by atoms with Gasteiger partial charge in [0.25, 0.3) is 0 Å². The van der Waals surface area contributed by atoms with Gasteiger partial charge in [-0.05, 0) is 37.4 Å². The second-order valence-electron chi connectivity index (χ2n) is 5.83. The van der Waals surface area contributed by atoms with E-state index in [1.807, 2.05) is 55.8 Å². The molecule has 0 saturated heterocycles. The molecule has 25 heavy (non-hydrogen) atoms. The van der Waals surface area contributed by atoms with Gasteiger partial charge in [0.15, 0.2) is 5.16 Å². The fraction of sp³-hybridized carbons (Fsp3) is 0.278. The number of nitrogens with one attached hydrogen (secondary N) is 1. The molecule has 0 saturated carbocycles. The van der Waals surface area contributed by atoms with Gasteiger partial charge in [-0.2, -0.15) is 0 Å². The molecule has 1 amide bonds. The number of anilines is 1. The molecule has 5 nitrogen and oxygen atoms in total. The monoisotopic (exact) mass is 372 g/mol. The highest BCUT2D eigenvalue weighted by Gasteiger charge is 2.19. The van der Waals surface area contributed by atoms with Crippen molar-refractivity contribution in [1.29, 1.82) is 0 Å². The molecule has 1 atom stereocenters. The minimum Gasteiger partial charge on any atom is -0.325 e. The Morgan fingerprint density at radius 1 is 1.28 bits per heavy atom. The molecule has 7 heteroatoms. The molecule has 0 radical (unpaired) electrons. The van der Waals surface area contributed by atoms with Gasteiger partial charge in [0.05, 0.1) is 5.25 Å². The minimum absolute atomic E-state index is 0.0448. The summed E-state index contributed by atoms with van der Waals surface area (Å²) < 4.78 is 1.96. The summed E-state index contributed by atoms with van der Waals surface area (Å²) in [6.07, 6.45) is 0.756. The Morgan fingerprint density at radius 3 is 2.72 bits per heavy atom. The first-order chi connectivity index (χ1) is 12.0. The molecule has 0 fully saturated rings. The zero-order valence-corrected chi connectivity index (χ0v) is 16.0. The van der Waals surface area contributed by atoms with E-state index in [4.69, 9.17) is 0 Å². The number of nitrogens with zero attached hydrogens (tertiary/aromatic N) is 3. The Morgan fingerprint density at radius 2 is 2.04 bits per heavy atom. The van der Waals surface area contributed by atoms with Crippen LogP contribution in [-0.4, -0.2) is 25.9 Å². The Balaban J connectivity index is 1.62. The summed E-state index contributed by atoms with van der Waals surface area (Å²) in [6.45, 7) is 3.90. The molecular weight excluding hydrogens is 352 g/mol. The Hall–Kier alpha value is -2.12. The van der Waals surface area contributed by atoms with Crippen molar-refractivity contribution in [3.63, 3.8) is 0 Å². The van der Waals surface area contributed by atoms with Crippen LogP contribution in [0.3, 0.4) is 0 Å². The van der Waals surface area contributed by atoms with Crippen molar-refractivity contribution in [2.75, 3.05) is 5.32 Å². The van der Waals surface area contributed by atoms with E-state index in [9.17, 15) is 4.79 Å². The Labute approximate surface area is 155 Å². The van der Waals surface area contributed by atoms with E-state index in [2.05, 4.69) is 27.0 Å². The van der Waals surface area contributed by atoms with E-state index in [0.717, 1.165) is 28.7 Å². The summed E-state index contributed by atoms with van der Waals surface area (Å²) in [4.78, 5) is 13.6. The number of aryl methyl sites for hydroxylation is 1. The molecule has 3 rings (SSSR count). The standard InChI is InChI=1S/C18H20N4OS2/c1-12-6-8-14(9-7-12)19-17(23)13(2)25-18-21-20-16(22(18)3)11-15-5-4-10-24-15/h4-10,13H,11H2,1-3H3,(H,19,23)/t13-/m0/s1. The summed E-state index contributed by atoms with van der Waals surface area (Å²) >= 11 is 3.12. The summed E-state index contributed by atoms with van der Waals surface area (Å²) in [5, 5.41) is 14.0. The van der Waals surface area contributed by atoms with Crippen molar-refractivity contribution in [2.45, 2.75) is 30.7 Å². The first-order valence-electron chi connectivity index (χ1n) is 7.98. The maximum Gasteiger partial charge on any atom is 0.237 e. The van der Waals surface area contributed by atoms with Crippen LogP contribution in [0.4, 0.5) is 5.69 Å². The molecule has 0 unspecified atom stereocenters. The average Bonchev–Trinajstić information content (AvgIpc) is 3.22. The van der Waals surface area contributed by atoms with Crippen LogP contribution in [0.25, 0.3) is 0 Å². The lowest BCUT2D eigenvalue weighted by Gasteiger charge is -2.11. The van der Waals surface area contributed by atoms with Crippen LogP contribution in [0.15, 0.2) is 46.9 Å². The van der Waals surface area contributed by atoms with Gasteiger partial charge in [-0.25, -0.2) is 0 Å². The number of amides is 1. The van der Waals surface area contributed by atoms with Gasteiger partial charge >= 0.3 is 0 Å². The maximum absolute atomic E-state index is 12.4. The van der Waals surface area contributed by atoms with E-state index in [0.29, 0.717) is 0 Å². The number of hydrogen-bond donors (Lipinski definition) is 1. The van der Waals surface area contributed by atoms with Crippen molar-refractivity contribution in [2.24, 2.45) is 7.05 Å². The van der Waals surface area contributed by atoms with Gasteiger partial charge < -0.3 is 9.88 Å². The van der Waals surface area contributed by atoms with Crippen molar-refractivity contribution >= 4 is 34.7 Å². The van der Waals surface area contributed by atoms with Gasteiger partial charge in [0.1, 0.15) is 5.82 Å². The Kier molecular flexibility index (Phi) is 5.55. The largest absolute Gasteiger partial charge is 0.325 e. The number of carbonyl (C=O) groups is 1. The van der Waals surface area contributed by atoms with Crippen LogP contribution >= 0.6 is 23.1 Å². The molecule has 3 aromatic rings. The Bertz CT molecular complexity index is 841. The summed E-state index contributed by atoms with van der Waals surface area (Å²) in [5.41, 5.74) is 1.97. The summed E-state index contributed by atoms with van der Waals surface area (Å²) in [6, 6.07) is 11.9. The van der Waals surface area contributed by atoms with Crippen molar-refractivity contribution in [3.8, 4) is 0 Å². The molecule has 1 N–H and O–H groups in total. The number of carbonyl (C=O) groups excluding carboxylic acids is 1. The normalized spacial score (nSPS) is 12.1. The molecule has 0 spiro atoms. The summed E-state index contributed by atoms with van der Waals surface area (Å²) in [7, 11) is 1.94. The third-order valence-electron chi connectivity index (χ3n) is 3.81. The van der Waals surface area contributed by atoms with Gasteiger partial charge in [0, 0.05) is 24.0 Å². The number of thiophene rings is 1. The average molecular weight is 373 g/mol. The SMILES string of the molecule is Cc1ccc(NC(=O)[C@H](C)Sc2nnc(Cc3cccs3)n2C)cc1. The highest BCUT2D eigenvalue weighted by Crippen LogP contribution is 2.24. The van der Waals surface area contributed by atoms with E-state index >= 15 is 0 Å². The molecular formula is C18H20N4OS2. The lowest BCUT2D eigenvalue weighted by Crippen LogP contribution is -2.22. The van der Waals surface area contributed by atoms with E-state index in [1.54, 1.807) is 11.3 Å².